The number of hydrogen-bond acceptors (Lipinski definition) is 3. The van der Waals surface area contributed by atoms with Gasteiger partial charge in [0.1, 0.15) is 12.0 Å². The molecule has 1 rings (SSSR count). The van der Waals surface area contributed by atoms with Gasteiger partial charge in [0.2, 0.25) is 0 Å². The fourth-order valence-electron chi connectivity index (χ4n) is 0.780. The predicted octanol–water partition coefficient (Wildman–Crippen LogP) is 1.80. The van der Waals surface area contributed by atoms with Crippen LogP contribution in [0.2, 0.25) is 0 Å². The van der Waals surface area contributed by atoms with Gasteiger partial charge < -0.3 is 4.74 Å². The van der Waals surface area contributed by atoms with Gasteiger partial charge in [-0.05, 0) is 18.2 Å². The SMILES string of the molecule is COc1ccc(C=O)cc1S. The lowest BCUT2D eigenvalue weighted by molar-refractivity contribution is 0.112. The van der Waals surface area contributed by atoms with Crippen molar-refractivity contribution in [1.29, 1.82) is 0 Å². The summed E-state index contributed by atoms with van der Waals surface area (Å²) in [5, 5.41) is 0. The molecule has 0 aromatic heterocycles. The van der Waals surface area contributed by atoms with Crippen LogP contribution < -0.4 is 4.74 Å². The second-order valence-corrected chi connectivity index (χ2v) is 2.53. The minimum Gasteiger partial charge on any atom is -0.496 e. The molecule has 58 valence electrons. The second-order valence-electron chi connectivity index (χ2n) is 2.05. The highest BCUT2D eigenvalue weighted by atomic mass is 32.1. The number of thiol groups is 1. The summed E-state index contributed by atoms with van der Waals surface area (Å²) in [5.41, 5.74) is 0.607. The summed E-state index contributed by atoms with van der Waals surface area (Å²) < 4.78 is 4.95. The molecule has 1 aromatic rings. The Morgan fingerprint density at radius 2 is 2.27 bits per heavy atom. The van der Waals surface area contributed by atoms with Gasteiger partial charge >= 0.3 is 0 Å². The van der Waals surface area contributed by atoms with Crippen molar-refractivity contribution in [3.05, 3.63) is 23.8 Å². The van der Waals surface area contributed by atoms with Crippen LogP contribution in [0.15, 0.2) is 23.1 Å². The first kappa shape index (κ1) is 8.14. The summed E-state index contributed by atoms with van der Waals surface area (Å²) in [5.74, 6) is 0.680. The number of carbonyl (C=O) groups is 1. The van der Waals surface area contributed by atoms with E-state index in [0.29, 0.717) is 16.2 Å². The molecule has 0 unspecified atom stereocenters. The lowest BCUT2D eigenvalue weighted by Crippen LogP contribution is -1.86. The Hall–Kier alpha value is -0.960. The molecular formula is C8H8O2S. The number of benzene rings is 1. The van der Waals surface area contributed by atoms with Crippen LogP contribution in [0.25, 0.3) is 0 Å². The fraction of sp³-hybridized carbons (Fsp3) is 0.125. The highest BCUT2D eigenvalue weighted by molar-refractivity contribution is 7.80. The third kappa shape index (κ3) is 1.74. The van der Waals surface area contributed by atoms with Gasteiger partial charge in [-0.2, -0.15) is 0 Å². The van der Waals surface area contributed by atoms with E-state index < -0.39 is 0 Å². The van der Waals surface area contributed by atoms with Gasteiger partial charge in [-0.15, -0.1) is 12.6 Å². The third-order valence-electron chi connectivity index (χ3n) is 1.34. The fourth-order valence-corrected chi connectivity index (χ4v) is 1.10. The molecule has 0 aliphatic rings. The summed E-state index contributed by atoms with van der Waals surface area (Å²) in [6.07, 6.45) is 0.777. The van der Waals surface area contributed by atoms with E-state index in [-0.39, 0.29) is 0 Å². The standard InChI is InChI=1S/C8H8O2S/c1-10-7-3-2-6(5-9)4-8(7)11/h2-5,11H,1H3. The molecule has 0 saturated heterocycles. The quantitative estimate of drug-likeness (QED) is 0.538. The molecule has 0 N–H and O–H groups in total. The molecule has 0 heterocycles. The smallest absolute Gasteiger partial charge is 0.150 e. The maximum absolute atomic E-state index is 10.3. The highest BCUT2D eigenvalue weighted by Crippen LogP contribution is 2.22. The number of ether oxygens (including phenoxy) is 1. The number of aldehydes is 1. The van der Waals surface area contributed by atoms with Crippen molar-refractivity contribution in [3.63, 3.8) is 0 Å². The van der Waals surface area contributed by atoms with Gasteiger partial charge in [-0.3, -0.25) is 4.79 Å². The molecule has 0 fully saturated rings. The van der Waals surface area contributed by atoms with Crippen LogP contribution >= 0.6 is 12.6 Å². The predicted molar refractivity (Wildman–Crippen MR) is 45.6 cm³/mol. The van der Waals surface area contributed by atoms with Crippen LogP contribution in [-0.4, -0.2) is 13.4 Å². The largest absolute Gasteiger partial charge is 0.496 e. The first-order valence-electron chi connectivity index (χ1n) is 3.10. The molecule has 0 aliphatic heterocycles. The first-order chi connectivity index (χ1) is 5.27. The zero-order chi connectivity index (χ0) is 8.27. The summed E-state index contributed by atoms with van der Waals surface area (Å²) in [7, 11) is 1.57. The Balaban J connectivity index is 3.09. The Bertz CT molecular complexity index is 271. The average Bonchev–Trinajstić information content (AvgIpc) is 2.04. The molecule has 2 nitrogen and oxygen atoms in total. The number of hydrogen-bond donors (Lipinski definition) is 1. The molecule has 0 amide bonds. The van der Waals surface area contributed by atoms with Crippen molar-refractivity contribution < 1.29 is 9.53 Å². The van der Waals surface area contributed by atoms with Crippen molar-refractivity contribution in [2.75, 3.05) is 7.11 Å². The maximum Gasteiger partial charge on any atom is 0.150 e. The summed E-state index contributed by atoms with van der Waals surface area (Å²) in [6, 6.07) is 5.06. The van der Waals surface area contributed by atoms with Gasteiger partial charge in [-0.25, -0.2) is 0 Å². The first-order valence-corrected chi connectivity index (χ1v) is 3.55. The summed E-state index contributed by atoms with van der Waals surface area (Å²) in [6.45, 7) is 0. The Morgan fingerprint density at radius 1 is 1.55 bits per heavy atom. The molecule has 1 aromatic carbocycles. The summed E-state index contributed by atoms with van der Waals surface area (Å²) >= 11 is 4.12. The van der Waals surface area contributed by atoms with E-state index in [4.69, 9.17) is 4.74 Å². The molecule has 0 saturated carbocycles. The van der Waals surface area contributed by atoms with Crippen molar-refractivity contribution >= 4 is 18.9 Å². The highest BCUT2D eigenvalue weighted by Gasteiger charge is 1.98. The van der Waals surface area contributed by atoms with Gasteiger partial charge in [0.25, 0.3) is 0 Å². The Morgan fingerprint density at radius 3 is 2.73 bits per heavy atom. The van der Waals surface area contributed by atoms with Crippen LogP contribution in [0.5, 0.6) is 5.75 Å². The van der Waals surface area contributed by atoms with Gasteiger partial charge in [-0.1, -0.05) is 0 Å². The van der Waals surface area contributed by atoms with Crippen molar-refractivity contribution in [3.8, 4) is 5.75 Å². The van der Waals surface area contributed by atoms with Crippen molar-refractivity contribution in [1.82, 2.24) is 0 Å². The average molecular weight is 168 g/mol. The summed E-state index contributed by atoms with van der Waals surface area (Å²) in [4.78, 5) is 11.0. The Labute approximate surface area is 70.6 Å². The molecule has 0 aliphatic carbocycles. The van der Waals surface area contributed by atoms with E-state index in [2.05, 4.69) is 12.6 Å². The van der Waals surface area contributed by atoms with Crippen molar-refractivity contribution in [2.24, 2.45) is 0 Å². The zero-order valence-corrected chi connectivity index (χ0v) is 6.97. The van der Waals surface area contributed by atoms with Gasteiger partial charge in [0, 0.05) is 10.5 Å². The van der Waals surface area contributed by atoms with Gasteiger partial charge in [0.05, 0.1) is 7.11 Å². The molecule has 0 spiro atoms. The molecule has 11 heavy (non-hydrogen) atoms. The van der Waals surface area contributed by atoms with Crippen molar-refractivity contribution in [2.45, 2.75) is 4.90 Å². The minimum absolute atomic E-state index is 0.607. The topological polar surface area (TPSA) is 26.3 Å². The minimum atomic E-state index is 0.607. The van der Waals surface area contributed by atoms with Crippen LogP contribution in [0.1, 0.15) is 10.4 Å². The Kier molecular flexibility index (Phi) is 2.54. The molecule has 3 heteroatoms. The monoisotopic (exact) mass is 168 g/mol. The van der Waals surface area contributed by atoms with E-state index in [9.17, 15) is 4.79 Å². The van der Waals surface area contributed by atoms with E-state index in [0.717, 1.165) is 6.29 Å². The molecule has 0 atom stereocenters. The number of carbonyl (C=O) groups excluding carboxylic acids is 1. The van der Waals surface area contributed by atoms with E-state index in [1.165, 1.54) is 0 Å². The van der Waals surface area contributed by atoms with Crippen LogP contribution in [-0.2, 0) is 0 Å². The maximum atomic E-state index is 10.3. The molecule has 0 bridgehead atoms. The second kappa shape index (κ2) is 3.44. The van der Waals surface area contributed by atoms with E-state index >= 15 is 0 Å². The third-order valence-corrected chi connectivity index (χ3v) is 1.69. The lowest BCUT2D eigenvalue weighted by atomic mass is 10.2. The van der Waals surface area contributed by atoms with E-state index in [1.807, 2.05) is 0 Å². The zero-order valence-electron chi connectivity index (χ0n) is 6.07. The van der Waals surface area contributed by atoms with Crippen LogP contribution in [0, 0.1) is 0 Å². The molecule has 0 radical (unpaired) electrons. The van der Waals surface area contributed by atoms with Crippen LogP contribution in [0.4, 0.5) is 0 Å². The lowest BCUT2D eigenvalue weighted by Gasteiger charge is -2.02. The normalized spacial score (nSPS) is 9.27. The van der Waals surface area contributed by atoms with E-state index in [1.54, 1.807) is 25.3 Å². The number of methoxy groups -OCH3 is 1. The number of rotatable bonds is 2. The molecular weight excluding hydrogens is 160 g/mol. The van der Waals surface area contributed by atoms with Crippen LogP contribution in [0.3, 0.4) is 0 Å². The van der Waals surface area contributed by atoms with Gasteiger partial charge in [0.15, 0.2) is 0 Å².